The van der Waals surface area contributed by atoms with Crippen molar-refractivity contribution >= 4 is 5.91 Å². The number of amides is 1. The molecule has 5 heteroatoms. The fourth-order valence-electron chi connectivity index (χ4n) is 1.24. The van der Waals surface area contributed by atoms with Gasteiger partial charge in [0, 0.05) is 20.1 Å². The van der Waals surface area contributed by atoms with Gasteiger partial charge in [-0.3, -0.25) is 4.79 Å². The van der Waals surface area contributed by atoms with Crippen molar-refractivity contribution in [2.75, 3.05) is 40.0 Å². The molecule has 1 unspecified atom stereocenters. The zero-order chi connectivity index (χ0) is 12.2. The smallest absolute Gasteiger partial charge is 0.220 e. The number of rotatable bonds is 10. The first-order valence-electron chi connectivity index (χ1n) is 5.78. The average molecular weight is 232 g/mol. The molecule has 5 nitrogen and oxygen atoms in total. The van der Waals surface area contributed by atoms with Crippen LogP contribution in [0.15, 0.2) is 0 Å². The van der Waals surface area contributed by atoms with Crippen molar-refractivity contribution in [3.8, 4) is 0 Å². The van der Waals surface area contributed by atoms with Gasteiger partial charge in [0.25, 0.3) is 0 Å². The number of carbonyl (C=O) groups excluding carboxylic acids is 1. The van der Waals surface area contributed by atoms with E-state index in [1.807, 2.05) is 6.92 Å². The summed E-state index contributed by atoms with van der Waals surface area (Å²) < 4.78 is 10.0. The molecule has 0 aliphatic rings. The minimum atomic E-state index is 0.0487. The van der Waals surface area contributed by atoms with E-state index >= 15 is 0 Å². The predicted octanol–water partition coefficient (Wildman–Crippen LogP) is 0.141. The molecule has 0 aromatic rings. The van der Waals surface area contributed by atoms with Crippen molar-refractivity contribution in [3.63, 3.8) is 0 Å². The molecule has 0 saturated carbocycles. The molecule has 1 atom stereocenters. The summed E-state index contributed by atoms with van der Waals surface area (Å²) >= 11 is 0. The molecule has 0 aromatic carbocycles. The van der Waals surface area contributed by atoms with E-state index in [0.717, 1.165) is 6.42 Å². The van der Waals surface area contributed by atoms with E-state index in [4.69, 9.17) is 15.2 Å². The van der Waals surface area contributed by atoms with Crippen LogP contribution in [0.2, 0.25) is 0 Å². The summed E-state index contributed by atoms with van der Waals surface area (Å²) in [4.78, 5) is 11.4. The molecular formula is C11H24N2O3. The minimum absolute atomic E-state index is 0.0487. The van der Waals surface area contributed by atoms with E-state index in [1.165, 1.54) is 0 Å². The lowest BCUT2D eigenvalue weighted by Crippen LogP contribution is -2.30. The fraction of sp³-hybridized carbons (Fsp3) is 0.909. The van der Waals surface area contributed by atoms with Crippen LogP contribution in [0.25, 0.3) is 0 Å². The van der Waals surface area contributed by atoms with Crippen LogP contribution in [0.3, 0.4) is 0 Å². The Balaban J connectivity index is 3.36. The summed E-state index contributed by atoms with van der Waals surface area (Å²) in [6.45, 7) is 4.82. The summed E-state index contributed by atoms with van der Waals surface area (Å²) in [6, 6.07) is 0. The lowest BCUT2D eigenvalue weighted by atomic mass is 10.0. The third-order valence-electron chi connectivity index (χ3n) is 2.39. The van der Waals surface area contributed by atoms with E-state index in [1.54, 1.807) is 7.11 Å². The molecule has 3 N–H and O–H groups in total. The second kappa shape index (κ2) is 10.9. The van der Waals surface area contributed by atoms with Gasteiger partial charge >= 0.3 is 0 Å². The van der Waals surface area contributed by atoms with Crippen LogP contribution in [0.4, 0.5) is 0 Å². The molecule has 0 heterocycles. The zero-order valence-corrected chi connectivity index (χ0v) is 10.3. The number of nitrogens with two attached hydrogens (primary N) is 1. The highest BCUT2D eigenvalue weighted by Gasteiger charge is 2.09. The number of hydrogen-bond acceptors (Lipinski definition) is 4. The van der Waals surface area contributed by atoms with Crippen LogP contribution in [0, 0.1) is 5.92 Å². The highest BCUT2D eigenvalue weighted by molar-refractivity contribution is 5.76. The summed E-state index contributed by atoms with van der Waals surface area (Å²) in [5.74, 6) is 0.335. The first-order valence-corrected chi connectivity index (χ1v) is 5.78. The Labute approximate surface area is 97.7 Å². The van der Waals surface area contributed by atoms with Gasteiger partial charge < -0.3 is 20.5 Å². The first kappa shape index (κ1) is 15.3. The molecule has 0 aromatic heterocycles. The largest absolute Gasteiger partial charge is 0.382 e. The van der Waals surface area contributed by atoms with Gasteiger partial charge in [-0.2, -0.15) is 0 Å². The number of hydrogen-bond donors (Lipinski definition) is 2. The summed E-state index contributed by atoms with van der Waals surface area (Å²) in [5.41, 5.74) is 5.52. The van der Waals surface area contributed by atoms with Gasteiger partial charge in [-0.15, -0.1) is 0 Å². The summed E-state index contributed by atoms with van der Waals surface area (Å²) in [7, 11) is 1.63. The van der Waals surface area contributed by atoms with E-state index in [-0.39, 0.29) is 11.8 Å². The molecule has 1 amide bonds. The van der Waals surface area contributed by atoms with E-state index in [9.17, 15) is 4.79 Å². The maximum Gasteiger partial charge on any atom is 0.220 e. The molecular weight excluding hydrogens is 208 g/mol. The lowest BCUT2D eigenvalue weighted by molar-refractivity contribution is -0.122. The second-order valence-electron chi connectivity index (χ2n) is 3.67. The normalized spacial score (nSPS) is 12.4. The highest BCUT2D eigenvalue weighted by atomic mass is 16.5. The maximum absolute atomic E-state index is 11.4. The van der Waals surface area contributed by atoms with Crippen LogP contribution in [-0.4, -0.2) is 45.9 Å². The van der Waals surface area contributed by atoms with Crippen molar-refractivity contribution < 1.29 is 14.3 Å². The Hall–Kier alpha value is -0.650. The van der Waals surface area contributed by atoms with Crippen LogP contribution in [-0.2, 0) is 14.3 Å². The highest BCUT2D eigenvalue weighted by Crippen LogP contribution is 2.04. The molecule has 0 aliphatic heterocycles. The van der Waals surface area contributed by atoms with Crippen molar-refractivity contribution in [3.05, 3.63) is 0 Å². The Bertz CT molecular complexity index is 173. The summed E-state index contributed by atoms with van der Waals surface area (Å²) in [6.07, 6.45) is 1.44. The number of carbonyl (C=O) groups is 1. The molecule has 0 aliphatic carbocycles. The van der Waals surface area contributed by atoms with Gasteiger partial charge in [-0.05, 0) is 12.5 Å². The van der Waals surface area contributed by atoms with Gasteiger partial charge in [0.1, 0.15) is 0 Å². The molecule has 0 saturated heterocycles. The Morgan fingerprint density at radius 3 is 2.69 bits per heavy atom. The lowest BCUT2D eigenvalue weighted by Gasteiger charge is -2.11. The van der Waals surface area contributed by atoms with Gasteiger partial charge in [-0.25, -0.2) is 0 Å². The van der Waals surface area contributed by atoms with E-state index in [0.29, 0.717) is 39.3 Å². The fourth-order valence-corrected chi connectivity index (χ4v) is 1.24. The van der Waals surface area contributed by atoms with Crippen molar-refractivity contribution in [2.24, 2.45) is 11.7 Å². The molecule has 0 bridgehead atoms. The Morgan fingerprint density at radius 2 is 2.12 bits per heavy atom. The SMILES string of the molecule is CCC(CN)CC(=O)NCCOCCOC. The van der Waals surface area contributed by atoms with Crippen LogP contribution < -0.4 is 11.1 Å². The molecule has 16 heavy (non-hydrogen) atoms. The quantitative estimate of drug-likeness (QED) is 0.525. The molecule has 0 radical (unpaired) electrons. The summed E-state index contributed by atoms with van der Waals surface area (Å²) in [5, 5.41) is 2.80. The van der Waals surface area contributed by atoms with Crippen molar-refractivity contribution in [1.29, 1.82) is 0 Å². The molecule has 0 fully saturated rings. The number of methoxy groups -OCH3 is 1. The maximum atomic E-state index is 11.4. The average Bonchev–Trinajstić information content (AvgIpc) is 2.30. The van der Waals surface area contributed by atoms with Gasteiger partial charge in [0.15, 0.2) is 0 Å². The van der Waals surface area contributed by atoms with Gasteiger partial charge in [0.05, 0.1) is 19.8 Å². The second-order valence-corrected chi connectivity index (χ2v) is 3.67. The zero-order valence-electron chi connectivity index (χ0n) is 10.3. The first-order chi connectivity index (χ1) is 7.74. The van der Waals surface area contributed by atoms with Crippen molar-refractivity contribution in [1.82, 2.24) is 5.32 Å². The minimum Gasteiger partial charge on any atom is -0.382 e. The molecule has 0 rings (SSSR count). The van der Waals surface area contributed by atoms with Crippen LogP contribution in [0.5, 0.6) is 0 Å². The topological polar surface area (TPSA) is 73.6 Å². The number of ether oxygens (including phenoxy) is 2. The third-order valence-corrected chi connectivity index (χ3v) is 2.39. The molecule has 0 spiro atoms. The third kappa shape index (κ3) is 8.64. The van der Waals surface area contributed by atoms with Gasteiger partial charge in [0.2, 0.25) is 5.91 Å². The van der Waals surface area contributed by atoms with Crippen molar-refractivity contribution in [2.45, 2.75) is 19.8 Å². The monoisotopic (exact) mass is 232 g/mol. The predicted molar refractivity (Wildman–Crippen MR) is 63.2 cm³/mol. The van der Waals surface area contributed by atoms with Crippen LogP contribution >= 0.6 is 0 Å². The Kier molecular flexibility index (Phi) is 10.4. The molecule has 96 valence electrons. The standard InChI is InChI=1S/C11H24N2O3/c1-3-10(9-12)8-11(14)13-4-5-16-7-6-15-2/h10H,3-9,12H2,1-2H3,(H,13,14). The van der Waals surface area contributed by atoms with E-state index in [2.05, 4.69) is 5.32 Å². The Morgan fingerprint density at radius 1 is 1.38 bits per heavy atom. The van der Waals surface area contributed by atoms with Gasteiger partial charge in [-0.1, -0.05) is 13.3 Å². The number of nitrogens with one attached hydrogen (secondary N) is 1. The van der Waals surface area contributed by atoms with Crippen LogP contribution in [0.1, 0.15) is 19.8 Å². The van der Waals surface area contributed by atoms with E-state index < -0.39 is 0 Å².